The average Bonchev–Trinajstić information content (AvgIpc) is 2.95. The summed E-state index contributed by atoms with van der Waals surface area (Å²) in [5, 5.41) is 1.56. The van der Waals surface area contributed by atoms with Gasteiger partial charge in [-0.3, -0.25) is 15.0 Å². The van der Waals surface area contributed by atoms with Crippen LogP contribution in [-0.4, -0.2) is 35.4 Å². The molecule has 6 nitrogen and oxygen atoms in total. The fourth-order valence-corrected chi connectivity index (χ4v) is 3.79. The number of hydrogen-bond acceptors (Lipinski definition) is 6. The van der Waals surface area contributed by atoms with Gasteiger partial charge in [0, 0.05) is 16.1 Å². The monoisotopic (exact) mass is 434 g/mol. The van der Waals surface area contributed by atoms with E-state index < -0.39 is 11.8 Å². The number of carbonyl (C=O) groups is 2. The number of hydrazine groups is 1. The number of benzene rings is 2. The molecule has 9 heteroatoms. The number of thiocarbonyl (C=S) groups is 1. The van der Waals surface area contributed by atoms with Crippen LogP contribution in [0.3, 0.4) is 0 Å². The second-order valence-electron chi connectivity index (χ2n) is 5.55. The lowest BCUT2D eigenvalue weighted by Crippen LogP contribution is -2.44. The van der Waals surface area contributed by atoms with Crippen molar-refractivity contribution in [3.05, 3.63) is 63.5 Å². The SMILES string of the molecule is COc1cccc(C=C2SC(=S)N(NC(=O)c3ccc(Cl)cc3)C2=O)c1OC. The van der Waals surface area contributed by atoms with E-state index in [9.17, 15) is 9.59 Å². The average molecular weight is 435 g/mol. The zero-order chi connectivity index (χ0) is 20.3. The maximum absolute atomic E-state index is 12.7. The minimum absolute atomic E-state index is 0.223. The number of carbonyl (C=O) groups excluding carboxylic acids is 2. The fraction of sp³-hybridized carbons (Fsp3) is 0.105. The molecular weight excluding hydrogens is 420 g/mol. The van der Waals surface area contributed by atoms with Crippen molar-refractivity contribution in [2.24, 2.45) is 0 Å². The highest BCUT2D eigenvalue weighted by atomic mass is 35.5. The van der Waals surface area contributed by atoms with Crippen LogP contribution in [0, 0.1) is 0 Å². The van der Waals surface area contributed by atoms with Crippen LogP contribution < -0.4 is 14.9 Å². The molecule has 2 aromatic carbocycles. The smallest absolute Gasteiger partial charge is 0.285 e. The van der Waals surface area contributed by atoms with E-state index in [1.54, 1.807) is 48.5 Å². The molecule has 1 heterocycles. The Morgan fingerprint density at radius 1 is 1.18 bits per heavy atom. The van der Waals surface area contributed by atoms with Crippen LogP contribution in [0.4, 0.5) is 0 Å². The van der Waals surface area contributed by atoms with E-state index in [0.29, 0.717) is 32.6 Å². The molecule has 1 saturated heterocycles. The maximum Gasteiger partial charge on any atom is 0.285 e. The molecule has 1 aliphatic heterocycles. The molecule has 2 aromatic rings. The molecule has 0 unspecified atom stereocenters. The number of nitrogens with zero attached hydrogens (tertiary/aromatic N) is 1. The Hall–Kier alpha value is -2.55. The normalized spacial score (nSPS) is 15.1. The van der Waals surface area contributed by atoms with Gasteiger partial charge in [0.2, 0.25) is 0 Å². The first-order valence-electron chi connectivity index (χ1n) is 8.00. The van der Waals surface area contributed by atoms with Crippen molar-refractivity contribution in [3.63, 3.8) is 0 Å². The number of para-hydroxylation sites is 1. The van der Waals surface area contributed by atoms with Crippen LogP contribution in [0.5, 0.6) is 11.5 Å². The minimum Gasteiger partial charge on any atom is -0.493 e. The molecule has 2 amide bonds. The van der Waals surface area contributed by atoms with Crippen molar-refractivity contribution in [2.75, 3.05) is 14.2 Å². The zero-order valence-electron chi connectivity index (χ0n) is 14.9. The van der Waals surface area contributed by atoms with Gasteiger partial charge in [0.05, 0.1) is 19.1 Å². The molecule has 0 spiro atoms. The summed E-state index contributed by atoms with van der Waals surface area (Å²) in [4.78, 5) is 25.5. The Bertz CT molecular complexity index is 976. The number of amides is 2. The zero-order valence-corrected chi connectivity index (χ0v) is 17.3. The summed E-state index contributed by atoms with van der Waals surface area (Å²) >= 11 is 12.2. The molecule has 0 atom stereocenters. The molecule has 28 heavy (non-hydrogen) atoms. The Balaban J connectivity index is 1.83. The topological polar surface area (TPSA) is 67.9 Å². The summed E-state index contributed by atoms with van der Waals surface area (Å²) < 4.78 is 10.9. The third-order valence-corrected chi connectivity index (χ3v) is 5.39. The van der Waals surface area contributed by atoms with Gasteiger partial charge >= 0.3 is 0 Å². The predicted molar refractivity (Wildman–Crippen MR) is 113 cm³/mol. The minimum atomic E-state index is -0.465. The summed E-state index contributed by atoms with van der Waals surface area (Å²) in [5.74, 6) is 0.151. The summed E-state index contributed by atoms with van der Waals surface area (Å²) in [6.45, 7) is 0. The number of hydrogen-bond donors (Lipinski definition) is 1. The molecule has 0 saturated carbocycles. The molecule has 1 fully saturated rings. The van der Waals surface area contributed by atoms with Crippen molar-refractivity contribution in [1.82, 2.24) is 10.4 Å². The molecule has 0 radical (unpaired) electrons. The van der Waals surface area contributed by atoms with Crippen molar-refractivity contribution in [3.8, 4) is 11.5 Å². The fourth-order valence-electron chi connectivity index (χ4n) is 2.50. The number of ether oxygens (including phenoxy) is 2. The van der Waals surface area contributed by atoms with E-state index >= 15 is 0 Å². The molecule has 0 aliphatic carbocycles. The summed E-state index contributed by atoms with van der Waals surface area (Å²) in [6.07, 6.45) is 1.65. The quantitative estimate of drug-likeness (QED) is 0.568. The summed E-state index contributed by atoms with van der Waals surface area (Å²) in [5.41, 5.74) is 3.54. The van der Waals surface area contributed by atoms with Gasteiger partial charge in [-0.1, -0.05) is 35.5 Å². The largest absolute Gasteiger partial charge is 0.493 e. The molecule has 1 N–H and O–H groups in total. The van der Waals surface area contributed by atoms with E-state index in [1.165, 1.54) is 14.2 Å². The first-order chi connectivity index (χ1) is 13.4. The number of nitrogens with one attached hydrogen (secondary N) is 1. The highest BCUT2D eigenvalue weighted by molar-refractivity contribution is 8.26. The number of halogens is 1. The van der Waals surface area contributed by atoms with Crippen molar-refractivity contribution in [2.45, 2.75) is 0 Å². The van der Waals surface area contributed by atoms with Crippen LogP contribution in [0.25, 0.3) is 6.08 Å². The molecule has 1 aliphatic rings. The third-order valence-electron chi connectivity index (χ3n) is 3.83. The Kier molecular flexibility index (Phi) is 6.23. The van der Waals surface area contributed by atoms with Gasteiger partial charge in [-0.2, -0.15) is 5.01 Å². The summed E-state index contributed by atoms with van der Waals surface area (Å²) in [6, 6.07) is 11.6. The van der Waals surface area contributed by atoms with E-state index in [1.807, 2.05) is 0 Å². The molecule has 3 rings (SSSR count). The molecule has 0 aromatic heterocycles. The van der Waals surface area contributed by atoms with Gasteiger partial charge in [0.15, 0.2) is 15.8 Å². The highest BCUT2D eigenvalue weighted by Crippen LogP contribution is 2.36. The van der Waals surface area contributed by atoms with Crippen LogP contribution >= 0.6 is 35.6 Å². The Labute approximate surface area is 176 Å². The maximum atomic E-state index is 12.7. The number of methoxy groups -OCH3 is 2. The second kappa shape index (κ2) is 8.64. The van der Waals surface area contributed by atoms with Gasteiger partial charge in [0.1, 0.15) is 0 Å². The highest BCUT2D eigenvalue weighted by Gasteiger charge is 2.34. The van der Waals surface area contributed by atoms with Crippen molar-refractivity contribution in [1.29, 1.82) is 0 Å². The third kappa shape index (κ3) is 4.14. The number of thioether (sulfide) groups is 1. The predicted octanol–water partition coefficient (Wildman–Crippen LogP) is 3.90. The number of rotatable bonds is 5. The van der Waals surface area contributed by atoms with E-state index in [2.05, 4.69) is 5.43 Å². The first kappa shape index (κ1) is 20.2. The molecule has 144 valence electrons. The molecular formula is C19H15ClN2O4S2. The standard InChI is InChI=1S/C19H15ClN2O4S2/c1-25-14-5-3-4-12(16(14)26-2)10-15-18(24)22(19(27)28-15)21-17(23)11-6-8-13(20)9-7-11/h3-10H,1-2H3,(H,21,23). The van der Waals surface area contributed by atoms with Crippen molar-refractivity contribution < 1.29 is 19.1 Å². The Morgan fingerprint density at radius 3 is 2.54 bits per heavy atom. The molecule has 0 bridgehead atoms. The van der Waals surface area contributed by atoms with Crippen LogP contribution in [0.15, 0.2) is 47.4 Å². The van der Waals surface area contributed by atoms with Gasteiger partial charge in [-0.05, 0) is 48.6 Å². The van der Waals surface area contributed by atoms with E-state index in [4.69, 9.17) is 33.3 Å². The van der Waals surface area contributed by atoms with Gasteiger partial charge in [-0.25, -0.2) is 0 Å². The van der Waals surface area contributed by atoms with Crippen LogP contribution in [0.1, 0.15) is 15.9 Å². The van der Waals surface area contributed by atoms with Gasteiger partial charge < -0.3 is 9.47 Å². The Morgan fingerprint density at radius 2 is 1.89 bits per heavy atom. The van der Waals surface area contributed by atoms with E-state index in [-0.39, 0.29) is 4.32 Å². The first-order valence-corrected chi connectivity index (χ1v) is 9.60. The summed E-state index contributed by atoms with van der Waals surface area (Å²) in [7, 11) is 3.06. The van der Waals surface area contributed by atoms with Crippen LogP contribution in [0.2, 0.25) is 5.02 Å². The lowest BCUT2D eigenvalue weighted by Gasteiger charge is -2.15. The van der Waals surface area contributed by atoms with Crippen LogP contribution in [-0.2, 0) is 4.79 Å². The lowest BCUT2D eigenvalue weighted by atomic mass is 10.1. The van der Waals surface area contributed by atoms with Crippen molar-refractivity contribution >= 4 is 57.8 Å². The van der Waals surface area contributed by atoms with Gasteiger partial charge in [-0.15, -0.1) is 0 Å². The van der Waals surface area contributed by atoms with E-state index in [0.717, 1.165) is 16.8 Å². The lowest BCUT2D eigenvalue weighted by molar-refractivity contribution is -0.123. The second-order valence-corrected chi connectivity index (χ2v) is 7.66. The van der Waals surface area contributed by atoms with Gasteiger partial charge in [0.25, 0.3) is 11.8 Å².